The molecule has 8 heteroatoms. The number of nitrogens with one attached hydrogen (secondary N) is 2. The fourth-order valence-electron chi connectivity index (χ4n) is 1.84. The van der Waals surface area contributed by atoms with Crippen LogP contribution in [0.4, 0.5) is 29.3 Å². The van der Waals surface area contributed by atoms with Crippen LogP contribution in [0.15, 0.2) is 53.4 Å². The van der Waals surface area contributed by atoms with E-state index < -0.39 is 18.8 Å². The largest absolute Gasteiger partial charge is 0.482 e. The summed E-state index contributed by atoms with van der Waals surface area (Å²) in [5.74, 6) is -0.0529. The van der Waals surface area contributed by atoms with Crippen molar-refractivity contribution in [2.45, 2.75) is 11.1 Å². The quantitative estimate of drug-likeness (QED) is 0.742. The monoisotopic (exact) mass is 356 g/mol. The molecule has 0 aliphatic rings. The van der Waals surface area contributed by atoms with Crippen molar-refractivity contribution < 1.29 is 22.7 Å². The molecule has 0 radical (unpaired) electrons. The van der Waals surface area contributed by atoms with Gasteiger partial charge in [0.25, 0.3) is 0 Å². The van der Waals surface area contributed by atoms with Gasteiger partial charge in [0.1, 0.15) is 5.75 Å². The van der Waals surface area contributed by atoms with E-state index in [9.17, 15) is 18.0 Å². The summed E-state index contributed by atoms with van der Waals surface area (Å²) in [4.78, 5) is 13.0. The predicted octanol–water partition coefficient (Wildman–Crippen LogP) is 4.99. The SMILES string of the molecule is CSc1cccc(NC(=O)Nc2ccccc2OCC(F)(F)F)c1. The summed E-state index contributed by atoms with van der Waals surface area (Å²) in [7, 11) is 0. The summed E-state index contributed by atoms with van der Waals surface area (Å²) in [6.45, 7) is -1.43. The van der Waals surface area contributed by atoms with Crippen LogP contribution in [-0.4, -0.2) is 25.1 Å². The third-order valence-corrected chi connectivity index (χ3v) is 3.58. The molecule has 0 spiro atoms. The number of benzene rings is 2. The van der Waals surface area contributed by atoms with Crippen LogP contribution < -0.4 is 15.4 Å². The van der Waals surface area contributed by atoms with Gasteiger partial charge in [-0.15, -0.1) is 11.8 Å². The highest BCUT2D eigenvalue weighted by Gasteiger charge is 2.28. The van der Waals surface area contributed by atoms with E-state index in [4.69, 9.17) is 4.74 Å². The van der Waals surface area contributed by atoms with Gasteiger partial charge in [0.15, 0.2) is 6.61 Å². The molecule has 0 atom stereocenters. The summed E-state index contributed by atoms with van der Waals surface area (Å²) in [6, 6.07) is 12.6. The minimum atomic E-state index is -4.45. The van der Waals surface area contributed by atoms with E-state index in [-0.39, 0.29) is 11.4 Å². The lowest BCUT2D eigenvalue weighted by Gasteiger charge is -2.14. The van der Waals surface area contributed by atoms with Crippen LogP contribution in [0, 0.1) is 0 Å². The number of hydrogen-bond acceptors (Lipinski definition) is 3. The van der Waals surface area contributed by atoms with Gasteiger partial charge in [-0.05, 0) is 36.6 Å². The molecule has 0 saturated carbocycles. The highest BCUT2D eigenvalue weighted by Crippen LogP contribution is 2.26. The van der Waals surface area contributed by atoms with E-state index in [1.54, 1.807) is 24.3 Å². The van der Waals surface area contributed by atoms with Gasteiger partial charge in [-0.25, -0.2) is 4.79 Å². The number of carbonyl (C=O) groups is 1. The second-order valence-corrected chi connectivity index (χ2v) is 5.59. The topological polar surface area (TPSA) is 50.4 Å². The Balaban J connectivity index is 2.03. The van der Waals surface area contributed by atoms with Crippen LogP contribution in [0.2, 0.25) is 0 Å². The van der Waals surface area contributed by atoms with Crippen LogP contribution in [0.25, 0.3) is 0 Å². The lowest BCUT2D eigenvalue weighted by Crippen LogP contribution is -2.22. The number of hydrogen-bond donors (Lipinski definition) is 2. The molecule has 0 aliphatic carbocycles. The highest BCUT2D eigenvalue weighted by molar-refractivity contribution is 7.98. The second-order valence-electron chi connectivity index (χ2n) is 4.71. The van der Waals surface area contributed by atoms with Crippen molar-refractivity contribution in [1.29, 1.82) is 0 Å². The summed E-state index contributed by atoms with van der Waals surface area (Å²) in [5.41, 5.74) is 0.730. The van der Waals surface area contributed by atoms with Crippen molar-refractivity contribution in [1.82, 2.24) is 0 Å². The molecule has 0 aliphatic heterocycles. The van der Waals surface area contributed by atoms with Crippen molar-refractivity contribution in [3.05, 3.63) is 48.5 Å². The molecule has 24 heavy (non-hydrogen) atoms. The van der Waals surface area contributed by atoms with Crippen LogP contribution in [0.1, 0.15) is 0 Å². The molecule has 0 bridgehead atoms. The number of urea groups is 1. The molecule has 2 rings (SSSR count). The summed E-state index contributed by atoms with van der Waals surface area (Å²) < 4.78 is 41.5. The van der Waals surface area contributed by atoms with E-state index >= 15 is 0 Å². The van der Waals surface area contributed by atoms with Crippen LogP contribution in [-0.2, 0) is 0 Å². The molecule has 0 unspecified atom stereocenters. The Hall–Kier alpha value is -2.35. The molecule has 128 valence electrons. The maximum atomic E-state index is 12.3. The van der Waals surface area contributed by atoms with Gasteiger partial charge in [-0.2, -0.15) is 13.2 Å². The summed E-state index contributed by atoms with van der Waals surface area (Å²) >= 11 is 1.53. The number of amides is 2. The number of thioether (sulfide) groups is 1. The molecule has 2 amide bonds. The first-order valence-electron chi connectivity index (χ1n) is 6.88. The Morgan fingerprint density at radius 2 is 1.88 bits per heavy atom. The number of halogens is 3. The average molecular weight is 356 g/mol. The van der Waals surface area contributed by atoms with Gasteiger partial charge in [0.05, 0.1) is 5.69 Å². The Morgan fingerprint density at radius 1 is 1.12 bits per heavy atom. The molecular weight excluding hydrogens is 341 g/mol. The Bertz CT molecular complexity index is 708. The zero-order valence-electron chi connectivity index (χ0n) is 12.7. The molecule has 0 heterocycles. The van der Waals surface area contributed by atoms with Crippen LogP contribution in [0.3, 0.4) is 0 Å². The molecule has 2 aromatic carbocycles. The molecule has 4 nitrogen and oxygen atoms in total. The zero-order valence-corrected chi connectivity index (χ0v) is 13.5. The van der Waals surface area contributed by atoms with Gasteiger partial charge in [-0.1, -0.05) is 18.2 Å². The van der Waals surface area contributed by atoms with Crippen molar-refractivity contribution in [3.63, 3.8) is 0 Å². The van der Waals surface area contributed by atoms with E-state index in [0.717, 1.165) is 4.90 Å². The number of rotatable bonds is 5. The fourth-order valence-corrected chi connectivity index (χ4v) is 2.30. The van der Waals surface area contributed by atoms with E-state index in [2.05, 4.69) is 10.6 Å². The van der Waals surface area contributed by atoms with E-state index in [1.165, 1.54) is 30.0 Å². The molecule has 0 saturated heterocycles. The molecule has 2 N–H and O–H groups in total. The first-order chi connectivity index (χ1) is 11.4. The Kier molecular flexibility index (Phi) is 5.97. The number of alkyl halides is 3. The van der Waals surface area contributed by atoms with Crippen LogP contribution in [0.5, 0.6) is 5.75 Å². The van der Waals surface area contributed by atoms with Crippen molar-refractivity contribution in [3.8, 4) is 5.75 Å². The van der Waals surface area contributed by atoms with Crippen LogP contribution >= 0.6 is 11.8 Å². The van der Waals surface area contributed by atoms with E-state index in [1.807, 2.05) is 12.3 Å². The van der Waals surface area contributed by atoms with Gasteiger partial charge in [-0.3, -0.25) is 0 Å². The predicted molar refractivity (Wildman–Crippen MR) is 88.9 cm³/mol. The van der Waals surface area contributed by atoms with Gasteiger partial charge in [0.2, 0.25) is 0 Å². The summed E-state index contributed by atoms with van der Waals surface area (Å²) in [5, 5.41) is 5.11. The fraction of sp³-hybridized carbons (Fsp3) is 0.188. The van der Waals surface area contributed by atoms with Gasteiger partial charge < -0.3 is 15.4 Å². The number of para-hydroxylation sites is 2. The minimum Gasteiger partial charge on any atom is -0.482 e. The maximum absolute atomic E-state index is 12.3. The van der Waals surface area contributed by atoms with Gasteiger partial charge in [0, 0.05) is 10.6 Å². The smallest absolute Gasteiger partial charge is 0.422 e. The number of ether oxygens (including phenoxy) is 1. The van der Waals surface area contributed by atoms with Crippen molar-refractivity contribution in [2.24, 2.45) is 0 Å². The first kappa shape index (κ1) is 18.0. The third-order valence-electron chi connectivity index (χ3n) is 2.85. The number of carbonyl (C=O) groups excluding carboxylic acids is 1. The first-order valence-corrected chi connectivity index (χ1v) is 8.10. The third kappa shape index (κ3) is 5.69. The average Bonchev–Trinajstić information content (AvgIpc) is 2.53. The minimum absolute atomic E-state index is 0.0529. The Labute approximate surface area is 141 Å². The van der Waals surface area contributed by atoms with Crippen molar-refractivity contribution in [2.75, 3.05) is 23.5 Å². The normalized spacial score (nSPS) is 11.0. The lowest BCUT2D eigenvalue weighted by atomic mass is 10.3. The highest BCUT2D eigenvalue weighted by atomic mass is 32.2. The molecule has 0 fully saturated rings. The van der Waals surface area contributed by atoms with E-state index in [0.29, 0.717) is 5.69 Å². The maximum Gasteiger partial charge on any atom is 0.422 e. The lowest BCUT2D eigenvalue weighted by molar-refractivity contribution is -0.153. The molecule has 2 aromatic rings. The van der Waals surface area contributed by atoms with Gasteiger partial charge >= 0.3 is 12.2 Å². The summed E-state index contributed by atoms with van der Waals surface area (Å²) in [6.07, 6.45) is -2.54. The molecular formula is C16H15F3N2O2S. The zero-order chi connectivity index (χ0) is 17.6. The Morgan fingerprint density at radius 3 is 2.58 bits per heavy atom. The second kappa shape index (κ2) is 7.96. The number of anilines is 2. The molecule has 0 aromatic heterocycles. The standard InChI is InChI=1S/C16H15F3N2O2S/c1-24-12-6-4-5-11(9-12)20-15(22)21-13-7-2-3-8-14(13)23-10-16(17,18)19/h2-9H,10H2,1H3,(H2,20,21,22). The van der Waals surface area contributed by atoms with Crippen molar-refractivity contribution >= 4 is 29.2 Å².